The fourth-order valence-corrected chi connectivity index (χ4v) is 2.17. The van der Waals surface area contributed by atoms with Crippen molar-refractivity contribution in [3.63, 3.8) is 0 Å². The Morgan fingerprint density at radius 1 is 1.50 bits per heavy atom. The van der Waals surface area contributed by atoms with Crippen LogP contribution in [0.2, 0.25) is 0 Å². The Morgan fingerprint density at radius 2 is 2.25 bits per heavy atom. The normalized spacial score (nSPS) is 21.0. The highest BCUT2D eigenvalue weighted by atomic mass is 16.5. The molecule has 0 radical (unpaired) electrons. The largest absolute Gasteiger partial charge is 0.478 e. The molecule has 1 saturated heterocycles. The molecule has 1 aliphatic heterocycles. The van der Waals surface area contributed by atoms with Gasteiger partial charge in [0.25, 0.3) is 0 Å². The number of hydrogen-bond acceptors (Lipinski definition) is 3. The van der Waals surface area contributed by atoms with E-state index >= 15 is 0 Å². The first-order chi connectivity index (χ1) is 7.61. The minimum atomic E-state index is -0.919. The van der Waals surface area contributed by atoms with Crippen molar-refractivity contribution in [1.29, 1.82) is 0 Å². The fraction of sp³-hybridized carbons (Fsp3) is 0.636. The minimum absolute atomic E-state index is 0.0967. The lowest BCUT2D eigenvalue weighted by atomic mass is 10.1. The topological polar surface area (TPSA) is 64.4 Å². The van der Waals surface area contributed by atoms with Crippen molar-refractivity contribution in [2.75, 3.05) is 6.61 Å². The van der Waals surface area contributed by atoms with Gasteiger partial charge in [-0.3, -0.25) is 0 Å². The molecule has 1 aliphatic rings. The van der Waals surface area contributed by atoms with Crippen molar-refractivity contribution in [2.24, 2.45) is 0 Å². The summed E-state index contributed by atoms with van der Waals surface area (Å²) in [5.74, 6) is -0.919. The predicted molar refractivity (Wildman–Crippen MR) is 57.5 cm³/mol. The van der Waals surface area contributed by atoms with Crippen LogP contribution < -0.4 is 0 Å². The Morgan fingerprint density at radius 3 is 2.75 bits per heavy atom. The summed E-state index contributed by atoms with van der Waals surface area (Å²) in [6, 6.07) is 0. The molecule has 0 spiro atoms. The van der Waals surface area contributed by atoms with E-state index < -0.39 is 5.97 Å². The van der Waals surface area contributed by atoms with Crippen LogP contribution in [0, 0.1) is 13.8 Å². The second kappa shape index (κ2) is 4.25. The Hall–Kier alpha value is -1.36. The second-order valence-corrected chi connectivity index (χ2v) is 4.12. The molecule has 0 saturated carbocycles. The van der Waals surface area contributed by atoms with E-state index in [4.69, 9.17) is 9.84 Å². The predicted octanol–water partition coefficient (Wildman–Crippen LogP) is 1.90. The van der Waals surface area contributed by atoms with Crippen molar-refractivity contribution >= 4 is 5.97 Å². The van der Waals surface area contributed by atoms with Crippen molar-refractivity contribution < 1.29 is 14.6 Å². The summed E-state index contributed by atoms with van der Waals surface area (Å²) >= 11 is 0. The van der Waals surface area contributed by atoms with Crippen LogP contribution in [-0.4, -0.2) is 27.5 Å². The van der Waals surface area contributed by atoms with E-state index in [2.05, 4.69) is 5.10 Å². The fourth-order valence-electron chi connectivity index (χ4n) is 2.17. The molecule has 1 aromatic rings. The van der Waals surface area contributed by atoms with Crippen LogP contribution >= 0.6 is 0 Å². The van der Waals surface area contributed by atoms with Gasteiger partial charge in [0, 0.05) is 6.61 Å². The summed E-state index contributed by atoms with van der Waals surface area (Å²) in [7, 11) is 0. The van der Waals surface area contributed by atoms with Gasteiger partial charge in [-0.2, -0.15) is 5.10 Å². The van der Waals surface area contributed by atoms with Gasteiger partial charge in [-0.25, -0.2) is 9.48 Å². The second-order valence-electron chi connectivity index (χ2n) is 4.12. The molecule has 5 heteroatoms. The van der Waals surface area contributed by atoms with Gasteiger partial charge in [-0.05, 0) is 33.1 Å². The van der Waals surface area contributed by atoms with Crippen LogP contribution in [0.3, 0.4) is 0 Å². The van der Waals surface area contributed by atoms with E-state index in [1.54, 1.807) is 18.5 Å². The third-order valence-electron chi connectivity index (χ3n) is 2.97. The number of hydrogen-bond donors (Lipinski definition) is 1. The number of aromatic carboxylic acids is 1. The molecular weight excluding hydrogens is 208 g/mol. The highest BCUT2D eigenvalue weighted by molar-refractivity contribution is 5.90. The molecule has 88 valence electrons. The van der Waals surface area contributed by atoms with Crippen LogP contribution in [0.15, 0.2) is 0 Å². The molecule has 1 fully saturated rings. The molecule has 0 aliphatic carbocycles. The first-order valence-corrected chi connectivity index (χ1v) is 5.52. The lowest BCUT2D eigenvalue weighted by Crippen LogP contribution is -2.20. The zero-order valence-corrected chi connectivity index (χ0v) is 9.56. The molecule has 2 heterocycles. The van der Waals surface area contributed by atoms with E-state index in [1.807, 2.05) is 0 Å². The number of nitrogens with zero attached hydrogens (tertiary/aromatic N) is 2. The van der Waals surface area contributed by atoms with Crippen molar-refractivity contribution in [3.05, 3.63) is 17.0 Å². The molecule has 16 heavy (non-hydrogen) atoms. The number of ether oxygens (including phenoxy) is 1. The molecule has 1 atom stereocenters. The van der Waals surface area contributed by atoms with Gasteiger partial charge in [0.05, 0.1) is 11.4 Å². The maximum Gasteiger partial charge on any atom is 0.339 e. The van der Waals surface area contributed by atoms with Crippen LogP contribution in [-0.2, 0) is 4.74 Å². The molecule has 5 nitrogen and oxygen atoms in total. The Kier molecular flexibility index (Phi) is 2.96. The van der Waals surface area contributed by atoms with Crippen LogP contribution in [0.5, 0.6) is 0 Å². The number of rotatable bonds is 2. The lowest BCUT2D eigenvalue weighted by molar-refractivity contribution is -0.0408. The van der Waals surface area contributed by atoms with E-state index in [-0.39, 0.29) is 6.23 Å². The Labute approximate surface area is 94.0 Å². The number of aryl methyl sites for hydroxylation is 1. The SMILES string of the molecule is Cc1nn(C2CCCCO2)c(C)c1C(=O)O. The van der Waals surface area contributed by atoms with Gasteiger partial charge in [0.1, 0.15) is 11.8 Å². The van der Waals surface area contributed by atoms with E-state index in [0.717, 1.165) is 25.9 Å². The molecule has 2 rings (SSSR count). The molecule has 1 unspecified atom stereocenters. The van der Waals surface area contributed by atoms with Crippen LogP contribution in [0.4, 0.5) is 0 Å². The standard InChI is InChI=1S/C11H16N2O3/c1-7-10(11(14)15)8(2)13(12-7)9-5-3-4-6-16-9/h9H,3-6H2,1-2H3,(H,14,15). The summed E-state index contributed by atoms with van der Waals surface area (Å²) < 4.78 is 7.31. The van der Waals surface area contributed by atoms with E-state index in [9.17, 15) is 4.79 Å². The molecule has 0 amide bonds. The maximum atomic E-state index is 11.0. The van der Waals surface area contributed by atoms with Crippen molar-refractivity contribution in [1.82, 2.24) is 9.78 Å². The quantitative estimate of drug-likeness (QED) is 0.833. The Balaban J connectivity index is 2.34. The number of carboxylic acids is 1. The van der Waals surface area contributed by atoms with Gasteiger partial charge in [-0.1, -0.05) is 0 Å². The van der Waals surface area contributed by atoms with Gasteiger partial charge in [-0.15, -0.1) is 0 Å². The van der Waals surface area contributed by atoms with Crippen LogP contribution in [0.25, 0.3) is 0 Å². The van der Waals surface area contributed by atoms with Gasteiger partial charge < -0.3 is 9.84 Å². The van der Waals surface area contributed by atoms with Gasteiger partial charge in [0.15, 0.2) is 0 Å². The first-order valence-electron chi connectivity index (χ1n) is 5.52. The summed E-state index contributed by atoms with van der Waals surface area (Å²) in [6.45, 7) is 4.22. The summed E-state index contributed by atoms with van der Waals surface area (Å²) in [5.41, 5.74) is 1.53. The minimum Gasteiger partial charge on any atom is -0.478 e. The smallest absolute Gasteiger partial charge is 0.339 e. The van der Waals surface area contributed by atoms with Crippen molar-refractivity contribution in [3.8, 4) is 0 Å². The Bertz CT molecular complexity index is 406. The van der Waals surface area contributed by atoms with Crippen LogP contribution in [0.1, 0.15) is 47.2 Å². The monoisotopic (exact) mass is 224 g/mol. The number of carboxylic acid groups (broad SMARTS) is 1. The van der Waals surface area contributed by atoms with E-state index in [0.29, 0.717) is 17.0 Å². The van der Waals surface area contributed by atoms with Crippen molar-refractivity contribution in [2.45, 2.75) is 39.3 Å². The molecule has 1 N–H and O–H groups in total. The van der Waals surface area contributed by atoms with Gasteiger partial charge >= 0.3 is 5.97 Å². The molecule has 0 bridgehead atoms. The highest BCUT2D eigenvalue weighted by Crippen LogP contribution is 2.25. The zero-order chi connectivity index (χ0) is 11.7. The first kappa shape index (κ1) is 11.1. The number of carbonyl (C=O) groups is 1. The zero-order valence-electron chi connectivity index (χ0n) is 9.56. The maximum absolute atomic E-state index is 11.0. The molecule has 1 aromatic heterocycles. The average Bonchev–Trinajstić information content (AvgIpc) is 2.55. The van der Waals surface area contributed by atoms with Gasteiger partial charge in [0.2, 0.25) is 0 Å². The molecular formula is C11H16N2O3. The molecule has 0 aromatic carbocycles. The average molecular weight is 224 g/mol. The summed E-state index contributed by atoms with van der Waals surface area (Å²) in [4.78, 5) is 11.0. The van der Waals surface area contributed by atoms with E-state index in [1.165, 1.54) is 0 Å². The highest BCUT2D eigenvalue weighted by Gasteiger charge is 2.24. The third-order valence-corrected chi connectivity index (χ3v) is 2.97. The third kappa shape index (κ3) is 1.82. The lowest BCUT2D eigenvalue weighted by Gasteiger charge is -2.23. The summed E-state index contributed by atoms with van der Waals surface area (Å²) in [5, 5.41) is 13.3. The summed E-state index contributed by atoms with van der Waals surface area (Å²) in [6.07, 6.45) is 2.98. The number of aromatic nitrogens is 2.